The molecule has 0 heterocycles. The van der Waals surface area contributed by atoms with Gasteiger partial charge in [0, 0.05) is 23.5 Å². The van der Waals surface area contributed by atoms with Crippen LogP contribution in [-0.4, -0.2) is 19.1 Å². The standard InChI is InChI=1S/C12H12Cl4O2/c13-3-1-5-17-9-7-10(15)12(11(16)8-9)18-6-2-4-14/h1,3,7-8H,2,4-6H2/b3-1+. The van der Waals surface area contributed by atoms with Gasteiger partial charge < -0.3 is 9.47 Å². The molecule has 0 aliphatic rings. The van der Waals surface area contributed by atoms with Gasteiger partial charge in [-0.2, -0.15) is 0 Å². The molecular weight excluding hydrogens is 318 g/mol. The molecule has 1 rings (SSSR count). The predicted molar refractivity (Wildman–Crippen MR) is 77.8 cm³/mol. The Kier molecular flexibility index (Phi) is 7.68. The third kappa shape index (κ3) is 5.15. The van der Waals surface area contributed by atoms with Crippen LogP contribution < -0.4 is 9.47 Å². The second-order valence-corrected chi connectivity index (χ2v) is 4.72. The van der Waals surface area contributed by atoms with Crippen LogP contribution in [0.15, 0.2) is 23.7 Å². The van der Waals surface area contributed by atoms with Crippen LogP contribution in [0.3, 0.4) is 0 Å². The number of alkyl halides is 1. The SMILES string of the molecule is Cl/C=C/COc1cc(Cl)c(OCCCCl)c(Cl)c1. The molecule has 0 aliphatic carbocycles. The first-order valence-electron chi connectivity index (χ1n) is 5.25. The molecule has 0 spiro atoms. The van der Waals surface area contributed by atoms with Crippen molar-refractivity contribution in [1.29, 1.82) is 0 Å². The van der Waals surface area contributed by atoms with Crippen LogP contribution in [0, 0.1) is 0 Å². The second kappa shape index (κ2) is 8.76. The largest absolute Gasteiger partial charge is 0.490 e. The van der Waals surface area contributed by atoms with Crippen molar-refractivity contribution in [3.8, 4) is 11.5 Å². The van der Waals surface area contributed by atoms with Gasteiger partial charge in [-0.15, -0.1) is 11.6 Å². The molecule has 6 heteroatoms. The van der Waals surface area contributed by atoms with Crippen LogP contribution in [0.25, 0.3) is 0 Å². The summed E-state index contributed by atoms with van der Waals surface area (Å²) in [7, 11) is 0. The Morgan fingerprint density at radius 2 is 1.78 bits per heavy atom. The summed E-state index contributed by atoms with van der Waals surface area (Å²) in [6.07, 6.45) is 2.39. The zero-order valence-electron chi connectivity index (χ0n) is 9.47. The molecule has 0 atom stereocenters. The van der Waals surface area contributed by atoms with Gasteiger partial charge in [-0.25, -0.2) is 0 Å². The van der Waals surface area contributed by atoms with Gasteiger partial charge >= 0.3 is 0 Å². The summed E-state index contributed by atoms with van der Waals surface area (Å²) >= 11 is 23.1. The zero-order chi connectivity index (χ0) is 13.4. The summed E-state index contributed by atoms with van der Waals surface area (Å²) in [6.45, 7) is 0.820. The van der Waals surface area contributed by atoms with E-state index in [1.54, 1.807) is 18.2 Å². The van der Waals surface area contributed by atoms with E-state index in [-0.39, 0.29) is 0 Å². The topological polar surface area (TPSA) is 18.5 Å². The lowest BCUT2D eigenvalue weighted by atomic mass is 10.3. The van der Waals surface area contributed by atoms with E-state index in [4.69, 9.17) is 55.9 Å². The molecule has 1 aromatic rings. The fourth-order valence-electron chi connectivity index (χ4n) is 1.17. The highest BCUT2D eigenvalue weighted by molar-refractivity contribution is 6.37. The minimum atomic E-state index is 0.350. The molecule has 2 nitrogen and oxygen atoms in total. The van der Waals surface area contributed by atoms with Crippen LogP contribution in [0.2, 0.25) is 10.0 Å². The van der Waals surface area contributed by atoms with E-state index in [9.17, 15) is 0 Å². The normalized spacial score (nSPS) is 10.9. The maximum atomic E-state index is 6.06. The van der Waals surface area contributed by atoms with E-state index in [0.717, 1.165) is 6.42 Å². The van der Waals surface area contributed by atoms with E-state index in [1.165, 1.54) is 5.54 Å². The molecule has 1 aromatic carbocycles. The molecule has 100 valence electrons. The van der Waals surface area contributed by atoms with Crippen LogP contribution >= 0.6 is 46.4 Å². The molecule has 0 amide bonds. The number of hydrogen-bond donors (Lipinski definition) is 0. The second-order valence-electron chi connectivity index (χ2n) is 3.28. The lowest BCUT2D eigenvalue weighted by molar-refractivity contribution is 0.317. The fourth-order valence-corrected chi connectivity index (χ4v) is 1.93. The van der Waals surface area contributed by atoms with Crippen molar-refractivity contribution in [2.75, 3.05) is 19.1 Å². The summed E-state index contributed by atoms with van der Waals surface area (Å²) in [5.74, 6) is 1.54. The van der Waals surface area contributed by atoms with Gasteiger partial charge in [-0.05, 0) is 12.5 Å². The van der Waals surface area contributed by atoms with Crippen LogP contribution in [-0.2, 0) is 0 Å². The van der Waals surface area contributed by atoms with E-state index in [1.807, 2.05) is 0 Å². The van der Waals surface area contributed by atoms with Crippen LogP contribution in [0.4, 0.5) is 0 Å². The smallest absolute Gasteiger partial charge is 0.156 e. The minimum absolute atomic E-state index is 0.350. The first-order valence-corrected chi connectivity index (χ1v) is 6.97. The van der Waals surface area contributed by atoms with E-state index >= 15 is 0 Å². The summed E-state index contributed by atoms with van der Waals surface area (Å²) in [4.78, 5) is 0. The molecule has 0 radical (unpaired) electrons. The molecule has 0 saturated heterocycles. The molecule has 0 saturated carbocycles. The molecule has 0 N–H and O–H groups in total. The zero-order valence-corrected chi connectivity index (χ0v) is 12.5. The average Bonchev–Trinajstić information content (AvgIpc) is 2.33. The van der Waals surface area contributed by atoms with Crippen molar-refractivity contribution in [3.05, 3.63) is 33.8 Å². The fraction of sp³-hybridized carbons (Fsp3) is 0.333. The summed E-state index contributed by atoms with van der Waals surface area (Å²) < 4.78 is 10.8. The molecule has 18 heavy (non-hydrogen) atoms. The van der Waals surface area contributed by atoms with Gasteiger partial charge in [-0.1, -0.05) is 34.8 Å². The third-order valence-corrected chi connectivity index (χ3v) is 2.94. The van der Waals surface area contributed by atoms with Gasteiger partial charge in [-0.3, -0.25) is 0 Å². The van der Waals surface area contributed by atoms with Crippen molar-refractivity contribution >= 4 is 46.4 Å². The molecule has 0 unspecified atom stereocenters. The Morgan fingerprint density at radius 3 is 2.33 bits per heavy atom. The monoisotopic (exact) mass is 328 g/mol. The van der Waals surface area contributed by atoms with Gasteiger partial charge in [0.25, 0.3) is 0 Å². The predicted octanol–water partition coefficient (Wildman–Crippen LogP) is 5.13. The van der Waals surface area contributed by atoms with Crippen molar-refractivity contribution in [2.24, 2.45) is 0 Å². The van der Waals surface area contributed by atoms with Gasteiger partial charge in [0.2, 0.25) is 0 Å². The Bertz CT molecular complexity index is 384. The van der Waals surface area contributed by atoms with Gasteiger partial charge in [0.15, 0.2) is 5.75 Å². The first kappa shape index (κ1) is 15.8. The highest BCUT2D eigenvalue weighted by atomic mass is 35.5. The number of rotatable bonds is 7. The Balaban J connectivity index is 2.70. The molecular formula is C12H12Cl4O2. The van der Waals surface area contributed by atoms with Crippen molar-refractivity contribution in [3.63, 3.8) is 0 Å². The summed E-state index contributed by atoms with van der Waals surface area (Å²) in [6, 6.07) is 3.29. The summed E-state index contributed by atoms with van der Waals surface area (Å²) in [5.41, 5.74) is 1.38. The molecule has 0 fully saturated rings. The van der Waals surface area contributed by atoms with E-state index in [2.05, 4.69) is 0 Å². The van der Waals surface area contributed by atoms with Gasteiger partial charge in [0.05, 0.1) is 16.7 Å². The van der Waals surface area contributed by atoms with E-state index in [0.29, 0.717) is 40.6 Å². The highest BCUT2D eigenvalue weighted by Crippen LogP contribution is 2.37. The molecule has 0 aliphatic heterocycles. The van der Waals surface area contributed by atoms with E-state index < -0.39 is 0 Å². The minimum Gasteiger partial charge on any atom is -0.490 e. The molecule has 0 bridgehead atoms. The Hall–Kier alpha value is -0.280. The third-order valence-electron chi connectivity index (χ3n) is 1.93. The number of hydrogen-bond acceptors (Lipinski definition) is 2. The van der Waals surface area contributed by atoms with Crippen molar-refractivity contribution < 1.29 is 9.47 Å². The number of benzene rings is 1. The lowest BCUT2D eigenvalue weighted by Gasteiger charge is -2.11. The number of halogens is 4. The molecule has 0 aromatic heterocycles. The Labute approximate surface area is 126 Å². The Morgan fingerprint density at radius 1 is 1.11 bits per heavy atom. The van der Waals surface area contributed by atoms with Crippen molar-refractivity contribution in [1.82, 2.24) is 0 Å². The first-order chi connectivity index (χ1) is 8.69. The van der Waals surface area contributed by atoms with Gasteiger partial charge in [0.1, 0.15) is 12.4 Å². The summed E-state index contributed by atoms with van der Waals surface area (Å²) in [5, 5.41) is 0.809. The quantitative estimate of drug-likeness (QED) is 0.510. The highest BCUT2D eigenvalue weighted by Gasteiger charge is 2.10. The average molecular weight is 330 g/mol. The maximum absolute atomic E-state index is 6.06. The van der Waals surface area contributed by atoms with Crippen LogP contribution in [0.5, 0.6) is 11.5 Å². The van der Waals surface area contributed by atoms with Crippen LogP contribution in [0.1, 0.15) is 6.42 Å². The van der Waals surface area contributed by atoms with Crippen molar-refractivity contribution in [2.45, 2.75) is 6.42 Å². The lowest BCUT2D eigenvalue weighted by Crippen LogP contribution is -2.00. The maximum Gasteiger partial charge on any atom is 0.156 e. The number of ether oxygens (including phenoxy) is 2.